The van der Waals surface area contributed by atoms with Crippen LogP contribution < -0.4 is 5.32 Å². The van der Waals surface area contributed by atoms with Crippen molar-refractivity contribution in [3.8, 4) is 6.07 Å². The summed E-state index contributed by atoms with van der Waals surface area (Å²) in [5.74, 6) is -0.876. The van der Waals surface area contributed by atoms with Crippen LogP contribution in [0.2, 0.25) is 5.02 Å². The van der Waals surface area contributed by atoms with Crippen molar-refractivity contribution in [2.45, 2.75) is 38.8 Å². The Balaban J connectivity index is 2.81. The highest BCUT2D eigenvalue weighted by Crippen LogP contribution is 2.20. The quantitative estimate of drug-likeness (QED) is 0.840. The number of carboxylic acids is 1. The lowest BCUT2D eigenvalue weighted by molar-refractivity contribution is -0.144. The third-order valence-electron chi connectivity index (χ3n) is 3.07. The first kappa shape index (κ1) is 15.5. The fourth-order valence-electron chi connectivity index (χ4n) is 1.82. The van der Waals surface area contributed by atoms with E-state index < -0.39 is 11.5 Å². The number of nitrogens with zero attached hydrogens (tertiary/aromatic N) is 1. The lowest BCUT2D eigenvalue weighted by Gasteiger charge is -2.26. The van der Waals surface area contributed by atoms with Crippen molar-refractivity contribution in [1.82, 2.24) is 5.32 Å². The first-order valence-electron chi connectivity index (χ1n) is 6.10. The molecule has 0 aromatic heterocycles. The highest BCUT2D eigenvalue weighted by atomic mass is 35.5. The molecule has 1 aromatic carbocycles. The van der Waals surface area contributed by atoms with Crippen LogP contribution in [0.25, 0.3) is 0 Å². The van der Waals surface area contributed by atoms with E-state index in [1.165, 1.54) is 0 Å². The summed E-state index contributed by atoms with van der Waals surface area (Å²) in [7, 11) is 0. The van der Waals surface area contributed by atoms with E-state index in [1.807, 2.05) is 13.0 Å². The number of nitriles is 1. The van der Waals surface area contributed by atoms with Crippen LogP contribution in [0.3, 0.4) is 0 Å². The van der Waals surface area contributed by atoms with Gasteiger partial charge in [0.2, 0.25) is 0 Å². The van der Waals surface area contributed by atoms with Gasteiger partial charge >= 0.3 is 5.97 Å². The normalized spacial score (nSPS) is 13.6. The molecular formula is C14H17ClN2O2. The topological polar surface area (TPSA) is 73.1 Å². The Morgan fingerprint density at radius 1 is 1.58 bits per heavy atom. The van der Waals surface area contributed by atoms with Crippen LogP contribution in [0, 0.1) is 11.3 Å². The zero-order chi connectivity index (χ0) is 14.5. The summed E-state index contributed by atoms with van der Waals surface area (Å²) in [6.45, 7) is 3.96. The van der Waals surface area contributed by atoms with Crippen LogP contribution in [0.5, 0.6) is 0 Å². The van der Waals surface area contributed by atoms with Crippen LogP contribution in [-0.2, 0) is 11.3 Å². The number of hydrogen-bond donors (Lipinski definition) is 2. The van der Waals surface area contributed by atoms with Crippen molar-refractivity contribution in [2.24, 2.45) is 0 Å². The number of rotatable bonds is 6. The van der Waals surface area contributed by atoms with E-state index >= 15 is 0 Å². The van der Waals surface area contributed by atoms with Gasteiger partial charge in [-0.3, -0.25) is 10.1 Å². The average Bonchev–Trinajstić information content (AvgIpc) is 2.37. The van der Waals surface area contributed by atoms with Gasteiger partial charge in [0.05, 0.1) is 11.6 Å². The number of halogens is 1. The number of benzene rings is 1. The fourth-order valence-corrected chi connectivity index (χ4v) is 2.07. The zero-order valence-electron chi connectivity index (χ0n) is 11.0. The number of nitrogens with one attached hydrogen (secondary N) is 1. The molecule has 0 fully saturated rings. The van der Waals surface area contributed by atoms with Crippen LogP contribution in [-0.4, -0.2) is 16.6 Å². The second-order valence-corrected chi connectivity index (χ2v) is 5.07. The lowest BCUT2D eigenvalue weighted by atomic mass is 9.96. The second kappa shape index (κ2) is 6.55. The van der Waals surface area contributed by atoms with Crippen molar-refractivity contribution >= 4 is 17.6 Å². The van der Waals surface area contributed by atoms with Gasteiger partial charge in [-0.05, 0) is 31.0 Å². The minimum absolute atomic E-state index is 0.355. The summed E-state index contributed by atoms with van der Waals surface area (Å²) in [5, 5.41) is 21.5. The third-order valence-corrected chi connectivity index (χ3v) is 3.43. The molecule has 2 N–H and O–H groups in total. The number of aliphatic carboxylic acids is 1. The van der Waals surface area contributed by atoms with E-state index in [0.29, 0.717) is 23.6 Å². The van der Waals surface area contributed by atoms with Gasteiger partial charge in [0.25, 0.3) is 0 Å². The van der Waals surface area contributed by atoms with Crippen LogP contribution in [0.1, 0.15) is 37.8 Å². The maximum Gasteiger partial charge on any atom is 0.323 e. The van der Waals surface area contributed by atoms with Gasteiger partial charge in [-0.15, -0.1) is 0 Å². The Labute approximate surface area is 118 Å². The smallest absolute Gasteiger partial charge is 0.323 e. The molecule has 1 aromatic rings. The summed E-state index contributed by atoms with van der Waals surface area (Å²) < 4.78 is 0. The fraction of sp³-hybridized carbons (Fsp3) is 0.429. The summed E-state index contributed by atoms with van der Waals surface area (Å²) in [6.07, 6.45) is 1.31. The van der Waals surface area contributed by atoms with Gasteiger partial charge in [0, 0.05) is 11.6 Å². The van der Waals surface area contributed by atoms with Gasteiger partial charge in [-0.1, -0.05) is 31.0 Å². The molecule has 0 saturated heterocycles. The summed E-state index contributed by atoms with van der Waals surface area (Å²) >= 11 is 6.06. The van der Waals surface area contributed by atoms with Crippen molar-refractivity contribution in [3.63, 3.8) is 0 Å². The Hall–Kier alpha value is -1.57. The molecule has 0 bridgehead atoms. The molecule has 0 spiro atoms. The molecule has 4 nitrogen and oxygen atoms in total. The van der Waals surface area contributed by atoms with E-state index in [0.717, 1.165) is 12.0 Å². The van der Waals surface area contributed by atoms with E-state index in [1.54, 1.807) is 25.1 Å². The van der Waals surface area contributed by atoms with Gasteiger partial charge in [0.15, 0.2) is 0 Å². The van der Waals surface area contributed by atoms with Crippen molar-refractivity contribution in [2.75, 3.05) is 0 Å². The molecule has 0 heterocycles. The zero-order valence-corrected chi connectivity index (χ0v) is 11.8. The first-order chi connectivity index (χ1) is 8.92. The molecule has 1 atom stereocenters. The van der Waals surface area contributed by atoms with Gasteiger partial charge in [0.1, 0.15) is 5.54 Å². The Morgan fingerprint density at radius 2 is 2.26 bits per heavy atom. The molecule has 1 unspecified atom stereocenters. The van der Waals surface area contributed by atoms with E-state index in [4.69, 9.17) is 16.9 Å². The lowest BCUT2D eigenvalue weighted by Crippen LogP contribution is -2.48. The van der Waals surface area contributed by atoms with Crippen molar-refractivity contribution < 1.29 is 9.90 Å². The average molecular weight is 281 g/mol. The van der Waals surface area contributed by atoms with E-state index in [9.17, 15) is 9.90 Å². The maximum absolute atomic E-state index is 11.3. The highest BCUT2D eigenvalue weighted by Gasteiger charge is 2.31. The first-order valence-corrected chi connectivity index (χ1v) is 6.47. The maximum atomic E-state index is 11.3. The van der Waals surface area contributed by atoms with Crippen molar-refractivity contribution in [3.05, 3.63) is 34.3 Å². The number of hydrogen-bond acceptors (Lipinski definition) is 3. The molecule has 19 heavy (non-hydrogen) atoms. The molecule has 0 amide bonds. The number of carboxylic acid groups (broad SMARTS) is 1. The predicted molar refractivity (Wildman–Crippen MR) is 74.0 cm³/mol. The molecule has 5 heteroatoms. The van der Waals surface area contributed by atoms with E-state index in [-0.39, 0.29) is 0 Å². The Morgan fingerprint density at radius 3 is 2.74 bits per heavy atom. The second-order valence-electron chi connectivity index (χ2n) is 4.66. The number of carbonyl (C=O) groups is 1. The van der Waals surface area contributed by atoms with E-state index in [2.05, 4.69) is 5.32 Å². The van der Waals surface area contributed by atoms with Gasteiger partial charge in [-0.25, -0.2) is 0 Å². The van der Waals surface area contributed by atoms with Crippen LogP contribution in [0.4, 0.5) is 0 Å². The molecule has 0 radical (unpaired) electrons. The summed E-state index contributed by atoms with van der Waals surface area (Å²) in [6, 6.07) is 6.99. The molecule has 1 rings (SSSR count). The summed E-state index contributed by atoms with van der Waals surface area (Å²) in [5.41, 5.74) is 0.305. The molecular weight excluding hydrogens is 264 g/mol. The SMILES string of the molecule is CCCC(C)(NCc1ccc(C#N)cc1Cl)C(=O)O. The molecule has 0 saturated carbocycles. The monoisotopic (exact) mass is 280 g/mol. The Kier molecular flexibility index (Phi) is 5.34. The molecule has 0 aliphatic heterocycles. The van der Waals surface area contributed by atoms with Gasteiger partial charge in [-0.2, -0.15) is 5.26 Å². The standard InChI is InChI=1S/C14H17ClN2O2/c1-3-6-14(2,13(18)19)17-9-11-5-4-10(8-16)7-12(11)15/h4-5,7,17H,3,6,9H2,1-2H3,(H,18,19). The summed E-state index contributed by atoms with van der Waals surface area (Å²) in [4.78, 5) is 11.3. The van der Waals surface area contributed by atoms with Crippen molar-refractivity contribution in [1.29, 1.82) is 5.26 Å². The van der Waals surface area contributed by atoms with Crippen LogP contribution in [0.15, 0.2) is 18.2 Å². The van der Waals surface area contributed by atoms with Crippen LogP contribution >= 0.6 is 11.6 Å². The third kappa shape index (κ3) is 3.95. The highest BCUT2D eigenvalue weighted by molar-refractivity contribution is 6.31. The molecule has 0 aliphatic carbocycles. The van der Waals surface area contributed by atoms with Gasteiger partial charge < -0.3 is 5.11 Å². The molecule has 0 aliphatic rings. The minimum Gasteiger partial charge on any atom is -0.480 e. The predicted octanol–water partition coefficient (Wildman–Crippen LogP) is 2.94. The largest absolute Gasteiger partial charge is 0.480 e. The molecule has 102 valence electrons. The Bertz CT molecular complexity index is 511. The minimum atomic E-state index is -0.966.